The molecule has 10 heteroatoms. The Morgan fingerprint density at radius 3 is 2.85 bits per heavy atom. The summed E-state index contributed by atoms with van der Waals surface area (Å²) in [6.45, 7) is 4.66. The molecule has 174 valence electrons. The SMILES string of the molecule is Cc1nn(CC(=O)NC2C=CC(C3=CCOCC3)=CN2)c(C)c1-c1ccnc(C(F)(F)F)c1. The number of allylic oxidation sites excluding steroid dienone is 2. The lowest BCUT2D eigenvalue weighted by Gasteiger charge is -2.22. The fourth-order valence-electron chi connectivity index (χ4n) is 3.93. The molecule has 4 rings (SSSR count). The van der Waals surface area contributed by atoms with Crippen molar-refractivity contribution >= 4 is 5.91 Å². The van der Waals surface area contributed by atoms with Crippen molar-refractivity contribution in [2.75, 3.05) is 13.2 Å². The lowest BCUT2D eigenvalue weighted by atomic mass is 10.0. The Labute approximate surface area is 189 Å². The molecule has 0 spiro atoms. The Balaban J connectivity index is 1.42. The molecule has 2 aliphatic rings. The van der Waals surface area contributed by atoms with Gasteiger partial charge in [0, 0.05) is 23.7 Å². The number of pyridine rings is 1. The van der Waals surface area contributed by atoms with E-state index in [1.807, 2.05) is 24.4 Å². The van der Waals surface area contributed by atoms with Gasteiger partial charge in [-0.25, -0.2) is 0 Å². The molecule has 0 radical (unpaired) electrons. The summed E-state index contributed by atoms with van der Waals surface area (Å²) in [7, 11) is 0. The zero-order valence-corrected chi connectivity index (χ0v) is 18.2. The third-order valence-electron chi connectivity index (χ3n) is 5.55. The number of rotatable bonds is 5. The van der Waals surface area contributed by atoms with Gasteiger partial charge < -0.3 is 15.4 Å². The molecule has 2 aliphatic heterocycles. The van der Waals surface area contributed by atoms with Gasteiger partial charge in [0.2, 0.25) is 5.91 Å². The van der Waals surface area contributed by atoms with E-state index >= 15 is 0 Å². The average molecular weight is 459 g/mol. The van der Waals surface area contributed by atoms with Crippen molar-refractivity contribution in [2.24, 2.45) is 0 Å². The summed E-state index contributed by atoms with van der Waals surface area (Å²) in [4.78, 5) is 16.0. The van der Waals surface area contributed by atoms with E-state index in [0.29, 0.717) is 35.7 Å². The van der Waals surface area contributed by atoms with Gasteiger partial charge in [-0.15, -0.1) is 0 Å². The van der Waals surface area contributed by atoms with Crippen LogP contribution in [0.2, 0.25) is 0 Å². The van der Waals surface area contributed by atoms with Gasteiger partial charge in [-0.2, -0.15) is 18.3 Å². The number of halogens is 3. The molecule has 0 bridgehead atoms. The normalized spacial score (nSPS) is 18.4. The molecule has 4 heterocycles. The molecule has 1 atom stereocenters. The zero-order valence-electron chi connectivity index (χ0n) is 18.2. The average Bonchev–Trinajstić information content (AvgIpc) is 3.07. The highest BCUT2D eigenvalue weighted by Gasteiger charge is 2.33. The number of aromatic nitrogens is 3. The molecule has 33 heavy (non-hydrogen) atoms. The van der Waals surface area contributed by atoms with Gasteiger partial charge in [-0.1, -0.05) is 12.2 Å². The Kier molecular flexibility index (Phi) is 6.37. The van der Waals surface area contributed by atoms with Crippen molar-refractivity contribution < 1.29 is 22.7 Å². The number of alkyl halides is 3. The van der Waals surface area contributed by atoms with E-state index < -0.39 is 11.9 Å². The first-order valence-electron chi connectivity index (χ1n) is 10.5. The van der Waals surface area contributed by atoms with E-state index in [9.17, 15) is 18.0 Å². The second kappa shape index (κ2) is 9.22. The Morgan fingerprint density at radius 2 is 2.18 bits per heavy atom. The van der Waals surface area contributed by atoms with Crippen LogP contribution < -0.4 is 10.6 Å². The highest BCUT2D eigenvalue weighted by Crippen LogP contribution is 2.32. The van der Waals surface area contributed by atoms with Crippen molar-refractivity contribution in [3.8, 4) is 11.1 Å². The minimum atomic E-state index is -4.54. The molecule has 2 N–H and O–H groups in total. The van der Waals surface area contributed by atoms with Gasteiger partial charge >= 0.3 is 6.18 Å². The Morgan fingerprint density at radius 1 is 1.36 bits per heavy atom. The third-order valence-corrected chi connectivity index (χ3v) is 5.55. The molecule has 0 aliphatic carbocycles. The molecule has 1 amide bonds. The maximum Gasteiger partial charge on any atom is 0.433 e. The van der Waals surface area contributed by atoms with E-state index in [1.165, 1.54) is 16.3 Å². The van der Waals surface area contributed by atoms with E-state index in [0.717, 1.165) is 24.3 Å². The summed E-state index contributed by atoms with van der Waals surface area (Å²) in [5.41, 5.74) is 3.34. The van der Waals surface area contributed by atoms with Crippen LogP contribution >= 0.6 is 0 Å². The second-order valence-corrected chi connectivity index (χ2v) is 7.86. The van der Waals surface area contributed by atoms with Crippen molar-refractivity contribution in [3.63, 3.8) is 0 Å². The molecule has 0 saturated carbocycles. The first-order valence-corrected chi connectivity index (χ1v) is 10.5. The van der Waals surface area contributed by atoms with Crippen LogP contribution in [0.25, 0.3) is 11.1 Å². The summed E-state index contributed by atoms with van der Waals surface area (Å²) in [5.74, 6) is -0.276. The van der Waals surface area contributed by atoms with Crippen LogP contribution in [0.4, 0.5) is 13.2 Å². The number of hydrogen-bond donors (Lipinski definition) is 2. The number of carbonyl (C=O) groups excluding carboxylic acids is 1. The largest absolute Gasteiger partial charge is 0.433 e. The molecular formula is C23H24F3N5O2. The fourth-order valence-corrected chi connectivity index (χ4v) is 3.93. The van der Waals surface area contributed by atoms with Gasteiger partial charge in [0.15, 0.2) is 0 Å². The zero-order chi connectivity index (χ0) is 23.6. The number of aryl methyl sites for hydroxylation is 1. The fraction of sp³-hybridized carbons (Fsp3) is 0.348. The second-order valence-electron chi connectivity index (χ2n) is 7.86. The van der Waals surface area contributed by atoms with E-state index in [4.69, 9.17) is 4.74 Å². The van der Waals surface area contributed by atoms with Gasteiger partial charge in [0.1, 0.15) is 18.4 Å². The predicted octanol–water partition coefficient (Wildman–Crippen LogP) is 3.41. The van der Waals surface area contributed by atoms with Gasteiger partial charge in [-0.05, 0) is 55.2 Å². The first-order chi connectivity index (χ1) is 15.7. The van der Waals surface area contributed by atoms with Gasteiger partial charge in [-0.3, -0.25) is 14.5 Å². The van der Waals surface area contributed by atoms with Crippen LogP contribution in [0.1, 0.15) is 23.5 Å². The molecule has 2 aromatic rings. The van der Waals surface area contributed by atoms with E-state index in [-0.39, 0.29) is 18.6 Å². The molecule has 0 fully saturated rings. The minimum absolute atomic E-state index is 0.0605. The number of hydrogen-bond acceptors (Lipinski definition) is 5. The topological polar surface area (TPSA) is 81.1 Å². The maximum absolute atomic E-state index is 13.1. The highest BCUT2D eigenvalue weighted by molar-refractivity contribution is 5.77. The van der Waals surface area contributed by atoms with Gasteiger partial charge in [0.05, 0.1) is 18.9 Å². The minimum Gasteiger partial charge on any atom is -0.377 e. The summed E-state index contributed by atoms with van der Waals surface area (Å²) >= 11 is 0. The van der Waals surface area contributed by atoms with Crippen LogP contribution in [-0.4, -0.2) is 40.1 Å². The smallest absolute Gasteiger partial charge is 0.377 e. The number of ether oxygens (including phenoxy) is 1. The van der Waals surface area contributed by atoms with Crippen molar-refractivity contribution in [2.45, 2.75) is 39.2 Å². The lowest BCUT2D eigenvalue weighted by molar-refractivity contribution is -0.141. The van der Waals surface area contributed by atoms with Crippen LogP contribution in [-0.2, 0) is 22.3 Å². The summed E-state index contributed by atoms with van der Waals surface area (Å²) in [5, 5.41) is 10.4. The highest BCUT2D eigenvalue weighted by atomic mass is 19.4. The first kappa shape index (κ1) is 22.8. The standard InChI is InChI=1S/C23H24F3N5O2/c1-14-22(17-5-8-27-19(11-17)23(24,25)26)15(2)31(30-14)13-21(32)29-20-4-3-18(12-28-20)16-6-9-33-10-7-16/h3-6,8,11-12,20,28H,7,9-10,13H2,1-2H3,(H,29,32). The van der Waals surface area contributed by atoms with Crippen LogP contribution in [0.3, 0.4) is 0 Å². The summed E-state index contributed by atoms with van der Waals surface area (Å²) in [6, 6.07) is 2.50. The molecule has 2 aromatic heterocycles. The van der Waals surface area contributed by atoms with Crippen LogP contribution in [0.5, 0.6) is 0 Å². The number of nitrogens with one attached hydrogen (secondary N) is 2. The number of nitrogens with zero attached hydrogens (tertiary/aromatic N) is 3. The molecule has 1 unspecified atom stereocenters. The van der Waals surface area contributed by atoms with Crippen molar-refractivity contribution in [1.82, 2.24) is 25.4 Å². The van der Waals surface area contributed by atoms with Crippen LogP contribution in [0, 0.1) is 13.8 Å². The number of dihydropyridines is 1. The molecular weight excluding hydrogens is 435 g/mol. The number of carbonyl (C=O) groups is 1. The van der Waals surface area contributed by atoms with E-state index in [1.54, 1.807) is 13.8 Å². The van der Waals surface area contributed by atoms with Gasteiger partial charge in [0.25, 0.3) is 0 Å². The molecule has 0 aromatic carbocycles. The third kappa shape index (κ3) is 5.16. The Hall–Kier alpha value is -3.40. The predicted molar refractivity (Wildman–Crippen MR) is 116 cm³/mol. The molecule has 7 nitrogen and oxygen atoms in total. The summed E-state index contributed by atoms with van der Waals surface area (Å²) in [6.07, 6.45) is 4.80. The summed E-state index contributed by atoms with van der Waals surface area (Å²) < 4.78 is 46.0. The van der Waals surface area contributed by atoms with Crippen molar-refractivity contribution in [3.05, 3.63) is 71.0 Å². The maximum atomic E-state index is 13.1. The van der Waals surface area contributed by atoms with Crippen LogP contribution in [0.15, 0.2) is 53.9 Å². The monoisotopic (exact) mass is 459 g/mol. The lowest BCUT2D eigenvalue weighted by Crippen LogP contribution is -2.44. The quantitative estimate of drug-likeness (QED) is 0.716. The molecule has 0 saturated heterocycles. The van der Waals surface area contributed by atoms with E-state index in [2.05, 4.69) is 20.7 Å². The Bertz CT molecular complexity index is 1150. The number of amides is 1. The van der Waals surface area contributed by atoms with Crippen molar-refractivity contribution in [1.29, 1.82) is 0 Å².